The zero-order chi connectivity index (χ0) is 17.3. The van der Waals surface area contributed by atoms with Crippen LogP contribution in [0.4, 0.5) is 0 Å². The van der Waals surface area contributed by atoms with Crippen molar-refractivity contribution in [2.75, 3.05) is 19.3 Å². The van der Waals surface area contributed by atoms with Gasteiger partial charge in [-0.1, -0.05) is 18.2 Å². The normalized spacial score (nSPS) is 19.3. The molecule has 1 aliphatic rings. The van der Waals surface area contributed by atoms with Crippen LogP contribution in [0.15, 0.2) is 30.3 Å². The number of nitrogens with zero attached hydrogens (tertiary/aromatic N) is 2. The number of aromatic nitrogens is 1. The van der Waals surface area contributed by atoms with Gasteiger partial charge in [0.05, 0.1) is 23.0 Å². The number of nitrogens with one attached hydrogen (secondary N) is 1. The molecule has 24 heavy (non-hydrogen) atoms. The third-order valence-electron chi connectivity index (χ3n) is 4.35. The maximum absolute atomic E-state index is 12.6. The van der Waals surface area contributed by atoms with Crippen LogP contribution in [-0.2, 0) is 10.0 Å². The zero-order valence-electron chi connectivity index (χ0n) is 13.8. The lowest BCUT2D eigenvalue weighted by atomic mass is 10.1. The number of amides is 1. The van der Waals surface area contributed by atoms with E-state index >= 15 is 0 Å². The first-order chi connectivity index (χ1) is 11.3. The van der Waals surface area contributed by atoms with E-state index in [0.29, 0.717) is 24.3 Å². The number of carbonyl (C=O) groups excluding carboxylic acids is 1. The molecule has 1 aromatic carbocycles. The van der Waals surface area contributed by atoms with E-state index in [1.165, 1.54) is 10.6 Å². The first-order valence-electron chi connectivity index (χ1n) is 7.97. The minimum Gasteiger partial charge on any atom is -0.348 e. The number of para-hydroxylation sites is 1. The molecule has 7 heteroatoms. The van der Waals surface area contributed by atoms with E-state index < -0.39 is 10.0 Å². The Morgan fingerprint density at radius 2 is 2.08 bits per heavy atom. The summed E-state index contributed by atoms with van der Waals surface area (Å²) in [5.74, 6) is -0.203. The minimum absolute atomic E-state index is 0.174. The fraction of sp³-hybridized carbons (Fsp3) is 0.412. The highest BCUT2D eigenvalue weighted by Crippen LogP contribution is 2.18. The zero-order valence-corrected chi connectivity index (χ0v) is 14.6. The van der Waals surface area contributed by atoms with Crippen LogP contribution in [0.2, 0.25) is 0 Å². The van der Waals surface area contributed by atoms with Crippen molar-refractivity contribution in [2.45, 2.75) is 25.8 Å². The van der Waals surface area contributed by atoms with Gasteiger partial charge in [0.15, 0.2) is 0 Å². The summed E-state index contributed by atoms with van der Waals surface area (Å²) in [6.45, 7) is 2.65. The average Bonchev–Trinajstić information content (AvgIpc) is 2.53. The van der Waals surface area contributed by atoms with E-state index in [9.17, 15) is 13.2 Å². The highest BCUT2D eigenvalue weighted by atomic mass is 32.2. The second-order valence-corrected chi connectivity index (χ2v) is 8.23. The third kappa shape index (κ3) is 3.57. The molecule has 6 nitrogen and oxygen atoms in total. The van der Waals surface area contributed by atoms with Crippen molar-refractivity contribution in [3.63, 3.8) is 0 Å². The molecule has 1 aliphatic heterocycles. The van der Waals surface area contributed by atoms with Gasteiger partial charge in [-0.05, 0) is 31.9 Å². The molecule has 0 spiro atoms. The van der Waals surface area contributed by atoms with Gasteiger partial charge in [-0.15, -0.1) is 0 Å². The summed E-state index contributed by atoms with van der Waals surface area (Å²) in [6, 6.07) is 9.32. The third-order valence-corrected chi connectivity index (χ3v) is 5.62. The molecule has 3 rings (SSSR count). The van der Waals surface area contributed by atoms with Crippen LogP contribution in [0.3, 0.4) is 0 Å². The molecule has 1 N–H and O–H groups in total. The van der Waals surface area contributed by atoms with Crippen molar-refractivity contribution in [1.29, 1.82) is 0 Å². The Hall–Kier alpha value is -1.99. The van der Waals surface area contributed by atoms with Gasteiger partial charge in [0.25, 0.3) is 5.91 Å². The predicted molar refractivity (Wildman–Crippen MR) is 93.4 cm³/mol. The van der Waals surface area contributed by atoms with Gasteiger partial charge >= 0.3 is 0 Å². The monoisotopic (exact) mass is 347 g/mol. The molecular formula is C17H21N3O3S. The van der Waals surface area contributed by atoms with Gasteiger partial charge in [-0.25, -0.2) is 12.7 Å². The highest BCUT2D eigenvalue weighted by Gasteiger charge is 2.27. The van der Waals surface area contributed by atoms with Crippen LogP contribution in [0, 0.1) is 6.92 Å². The van der Waals surface area contributed by atoms with Crippen LogP contribution in [0.25, 0.3) is 10.9 Å². The van der Waals surface area contributed by atoms with Crippen LogP contribution >= 0.6 is 0 Å². The van der Waals surface area contributed by atoms with E-state index in [1.807, 2.05) is 37.3 Å². The fourth-order valence-electron chi connectivity index (χ4n) is 3.07. The number of aryl methyl sites for hydroxylation is 1. The number of hydrogen-bond donors (Lipinski definition) is 1. The average molecular weight is 347 g/mol. The number of fused-ring (bicyclic) bond motifs is 1. The standard InChI is InChI=1S/C17H21N3O3S/c1-12-15(10-13-6-3-4-8-16(13)18-12)17(21)19-14-7-5-9-20(11-14)24(2,22)23/h3-4,6,8,10,14H,5,7,9,11H2,1-2H3,(H,19,21). The van der Waals surface area contributed by atoms with Crippen LogP contribution in [0.1, 0.15) is 28.9 Å². The Balaban J connectivity index is 1.78. The number of carbonyl (C=O) groups is 1. The van der Waals surface area contributed by atoms with Gasteiger partial charge < -0.3 is 5.32 Å². The van der Waals surface area contributed by atoms with Gasteiger partial charge in [0, 0.05) is 24.5 Å². The number of hydrogen-bond acceptors (Lipinski definition) is 4. The quantitative estimate of drug-likeness (QED) is 0.916. The van der Waals surface area contributed by atoms with Crippen molar-refractivity contribution in [1.82, 2.24) is 14.6 Å². The van der Waals surface area contributed by atoms with Crippen molar-refractivity contribution in [2.24, 2.45) is 0 Å². The first-order valence-corrected chi connectivity index (χ1v) is 9.82. The molecule has 0 radical (unpaired) electrons. The van der Waals surface area contributed by atoms with Crippen molar-refractivity contribution < 1.29 is 13.2 Å². The number of piperidine rings is 1. The molecule has 1 unspecified atom stereocenters. The summed E-state index contributed by atoms with van der Waals surface area (Å²) < 4.78 is 24.8. The summed E-state index contributed by atoms with van der Waals surface area (Å²) in [6.07, 6.45) is 2.72. The molecule has 0 aliphatic carbocycles. The summed E-state index contributed by atoms with van der Waals surface area (Å²) in [5.41, 5.74) is 2.06. The van der Waals surface area contributed by atoms with Crippen molar-refractivity contribution >= 4 is 26.8 Å². The maximum Gasteiger partial charge on any atom is 0.253 e. The molecule has 0 saturated carbocycles. The Kier molecular flexibility index (Phi) is 4.56. The molecule has 2 heterocycles. The summed E-state index contributed by atoms with van der Waals surface area (Å²) in [4.78, 5) is 17.1. The lowest BCUT2D eigenvalue weighted by molar-refractivity contribution is 0.0920. The molecule has 1 amide bonds. The molecule has 1 saturated heterocycles. The Morgan fingerprint density at radius 3 is 2.83 bits per heavy atom. The van der Waals surface area contributed by atoms with Gasteiger partial charge in [-0.2, -0.15) is 0 Å². The van der Waals surface area contributed by atoms with Crippen molar-refractivity contribution in [3.05, 3.63) is 41.6 Å². The number of sulfonamides is 1. The van der Waals surface area contributed by atoms with E-state index in [1.54, 1.807) is 0 Å². The molecule has 2 aromatic rings. The van der Waals surface area contributed by atoms with Crippen LogP contribution < -0.4 is 5.32 Å². The molecule has 0 bridgehead atoms. The minimum atomic E-state index is -3.23. The van der Waals surface area contributed by atoms with Crippen LogP contribution in [0.5, 0.6) is 0 Å². The second kappa shape index (κ2) is 6.49. The van der Waals surface area contributed by atoms with E-state index in [-0.39, 0.29) is 11.9 Å². The van der Waals surface area contributed by atoms with E-state index in [0.717, 1.165) is 23.7 Å². The number of benzene rings is 1. The molecule has 1 fully saturated rings. The number of pyridine rings is 1. The van der Waals surface area contributed by atoms with Gasteiger partial charge in [0.1, 0.15) is 0 Å². The van der Waals surface area contributed by atoms with Gasteiger partial charge in [-0.3, -0.25) is 9.78 Å². The predicted octanol–water partition coefficient (Wildman–Crippen LogP) is 1.70. The van der Waals surface area contributed by atoms with Crippen molar-refractivity contribution in [3.8, 4) is 0 Å². The first kappa shape index (κ1) is 16.9. The Morgan fingerprint density at radius 1 is 1.33 bits per heavy atom. The largest absolute Gasteiger partial charge is 0.348 e. The molecular weight excluding hydrogens is 326 g/mol. The topological polar surface area (TPSA) is 79.4 Å². The SMILES string of the molecule is Cc1nc2ccccc2cc1C(=O)NC1CCCN(S(C)(=O)=O)C1. The summed E-state index contributed by atoms with van der Waals surface area (Å²) in [7, 11) is -3.23. The van der Waals surface area contributed by atoms with E-state index in [4.69, 9.17) is 0 Å². The molecule has 1 aromatic heterocycles. The Labute approximate surface area is 141 Å². The lowest BCUT2D eigenvalue weighted by Gasteiger charge is -2.31. The van der Waals surface area contributed by atoms with E-state index in [2.05, 4.69) is 10.3 Å². The highest BCUT2D eigenvalue weighted by molar-refractivity contribution is 7.88. The lowest BCUT2D eigenvalue weighted by Crippen LogP contribution is -2.49. The summed E-state index contributed by atoms with van der Waals surface area (Å²) in [5, 5.41) is 3.87. The smallest absolute Gasteiger partial charge is 0.253 e. The molecule has 128 valence electrons. The summed E-state index contributed by atoms with van der Waals surface area (Å²) >= 11 is 0. The molecule has 1 atom stereocenters. The maximum atomic E-state index is 12.6. The second-order valence-electron chi connectivity index (χ2n) is 6.25. The van der Waals surface area contributed by atoms with Gasteiger partial charge in [0.2, 0.25) is 10.0 Å². The number of rotatable bonds is 3. The fourth-order valence-corrected chi connectivity index (χ4v) is 3.98. The van der Waals surface area contributed by atoms with Crippen LogP contribution in [-0.4, -0.2) is 49.0 Å². The Bertz CT molecular complexity index is 880.